The van der Waals surface area contributed by atoms with E-state index in [0.717, 1.165) is 23.7 Å². The van der Waals surface area contributed by atoms with Crippen molar-refractivity contribution < 1.29 is 0 Å². The third kappa shape index (κ3) is 5.37. The zero-order chi connectivity index (χ0) is 12.6. The van der Waals surface area contributed by atoms with E-state index in [1.54, 1.807) is 0 Å². The van der Waals surface area contributed by atoms with Crippen LogP contribution in [0.2, 0.25) is 0 Å². The van der Waals surface area contributed by atoms with E-state index in [0.29, 0.717) is 0 Å². The van der Waals surface area contributed by atoms with E-state index in [2.05, 4.69) is 41.5 Å². The Hall–Kier alpha value is 0. The highest BCUT2D eigenvalue weighted by Gasteiger charge is 2.26. The van der Waals surface area contributed by atoms with Gasteiger partial charge in [0.15, 0.2) is 0 Å². The molecule has 0 heterocycles. The van der Waals surface area contributed by atoms with Crippen molar-refractivity contribution in [3.63, 3.8) is 0 Å². The summed E-state index contributed by atoms with van der Waals surface area (Å²) in [6, 6.07) is 0. The van der Waals surface area contributed by atoms with Crippen LogP contribution in [0.1, 0.15) is 80.1 Å². The van der Waals surface area contributed by atoms with Crippen LogP contribution in [0.4, 0.5) is 0 Å². The predicted octanol–water partition coefficient (Wildman–Crippen LogP) is 5.91. The first-order valence-electron chi connectivity index (χ1n) is 7.58. The lowest BCUT2D eigenvalue weighted by atomic mass is 9.71. The Labute approximate surface area is 104 Å². The van der Waals surface area contributed by atoms with Gasteiger partial charge in [0.25, 0.3) is 0 Å². The van der Waals surface area contributed by atoms with E-state index < -0.39 is 0 Å². The number of hydrogen-bond donors (Lipinski definition) is 0. The smallest absolute Gasteiger partial charge is 0.0337 e. The second kappa shape index (κ2) is 9.07. The second-order valence-electron chi connectivity index (χ2n) is 5.87. The van der Waals surface area contributed by atoms with Gasteiger partial charge >= 0.3 is 0 Å². The van der Waals surface area contributed by atoms with Gasteiger partial charge in [-0.05, 0) is 23.7 Å². The van der Waals surface area contributed by atoms with E-state index in [1.807, 2.05) is 0 Å². The lowest BCUT2D eigenvalue weighted by Gasteiger charge is -2.34. The molecule has 0 nitrogen and oxygen atoms in total. The van der Waals surface area contributed by atoms with Crippen molar-refractivity contribution in [1.82, 2.24) is 0 Å². The highest BCUT2D eigenvalue weighted by atomic mass is 14.3. The topological polar surface area (TPSA) is 0 Å². The maximum atomic E-state index is 2.45. The van der Waals surface area contributed by atoms with Crippen LogP contribution in [0.25, 0.3) is 0 Å². The van der Waals surface area contributed by atoms with Gasteiger partial charge in [-0.1, -0.05) is 80.1 Å². The van der Waals surface area contributed by atoms with Crippen LogP contribution in [-0.2, 0) is 0 Å². The summed E-state index contributed by atoms with van der Waals surface area (Å²) in [4.78, 5) is 0. The van der Waals surface area contributed by atoms with Crippen molar-refractivity contribution in [2.24, 2.45) is 23.7 Å². The van der Waals surface area contributed by atoms with Crippen LogP contribution in [-0.4, -0.2) is 0 Å². The predicted molar refractivity (Wildman–Crippen MR) is 75.7 cm³/mol. The summed E-state index contributed by atoms with van der Waals surface area (Å²) in [6.07, 6.45) is 8.38. The van der Waals surface area contributed by atoms with Crippen LogP contribution in [0.3, 0.4) is 0 Å². The highest BCUT2D eigenvalue weighted by Crippen LogP contribution is 2.35. The minimum atomic E-state index is 0.849. The van der Waals surface area contributed by atoms with Gasteiger partial charge in [0, 0.05) is 0 Å². The van der Waals surface area contributed by atoms with Gasteiger partial charge in [0.2, 0.25) is 0 Å². The van der Waals surface area contributed by atoms with Gasteiger partial charge in [-0.2, -0.15) is 0 Å². The van der Waals surface area contributed by atoms with Crippen LogP contribution in [0.15, 0.2) is 0 Å². The Kier molecular flexibility index (Phi) is 9.07. The minimum absolute atomic E-state index is 0.849. The van der Waals surface area contributed by atoms with Crippen molar-refractivity contribution in [3.05, 3.63) is 0 Å². The third-order valence-electron chi connectivity index (χ3n) is 4.32. The molecule has 0 radical (unpaired) electrons. The van der Waals surface area contributed by atoms with Crippen LogP contribution in [0, 0.1) is 23.7 Å². The van der Waals surface area contributed by atoms with Crippen molar-refractivity contribution in [3.8, 4) is 0 Å². The molecule has 0 aliphatic rings. The zero-order valence-electron chi connectivity index (χ0n) is 12.6. The van der Waals surface area contributed by atoms with Gasteiger partial charge < -0.3 is 0 Å². The Balaban J connectivity index is 4.34. The zero-order valence-corrected chi connectivity index (χ0v) is 12.6. The lowest BCUT2D eigenvalue weighted by molar-refractivity contribution is 0.154. The molecule has 0 fully saturated rings. The average molecular weight is 226 g/mol. The van der Waals surface area contributed by atoms with Crippen molar-refractivity contribution in [2.75, 3.05) is 0 Å². The fourth-order valence-electron chi connectivity index (χ4n) is 3.26. The molecule has 0 N–H and O–H groups in total. The van der Waals surface area contributed by atoms with E-state index in [-0.39, 0.29) is 0 Å². The Morgan fingerprint density at radius 2 is 1.44 bits per heavy atom. The molecule has 0 amide bonds. The minimum Gasteiger partial charge on any atom is -0.0654 e. The standard InChI is InChI=1S/C16H34/c1-7-10-11-12-15(9-3)16(13(4)5)14(6)8-2/h13-16H,7-12H2,1-6H3. The summed E-state index contributed by atoms with van der Waals surface area (Å²) >= 11 is 0. The largest absolute Gasteiger partial charge is 0.0654 e. The molecule has 0 heteroatoms. The molecule has 3 atom stereocenters. The molecule has 0 saturated heterocycles. The van der Waals surface area contributed by atoms with Crippen molar-refractivity contribution in [2.45, 2.75) is 80.1 Å². The summed E-state index contributed by atoms with van der Waals surface area (Å²) < 4.78 is 0. The SMILES string of the molecule is CCCCCC(CC)C(C(C)C)C(C)CC. The number of hydrogen-bond acceptors (Lipinski definition) is 0. The van der Waals surface area contributed by atoms with E-state index >= 15 is 0 Å². The first-order chi connectivity index (χ1) is 7.58. The molecule has 0 spiro atoms. The lowest BCUT2D eigenvalue weighted by Crippen LogP contribution is -2.26. The van der Waals surface area contributed by atoms with Gasteiger partial charge in [0.1, 0.15) is 0 Å². The van der Waals surface area contributed by atoms with E-state index in [9.17, 15) is 0 Å². The summed E-state index contributed by atoms with van der Waals surface area (Å²) in [5.41, 5.74) is 0. The normalized spacial score (nSPS) is 17.4. The van der Waals surface area contributed by atoms with Gasteiger partial charge in [0.05, 0.1) is 0 Å². The summed E-state index contributed by atoms with van der Waals surface area (Å²) in [5.74, 6) is 3.64. The fraction of sp³-hybridized carbons (Fsp3) is 1.00. The Bertz CT molecular complexity index is 148. The quantitative estimate of drug-likeness (QED) is 0.429. The average Bonchev–Trinajstić information content (AvgIpc) is 2.26. The molecule has 0 aromatic carbocycles. The Morgan fingerprint density at radius 3 is 1.81 bits per heavy atom. The molecule has 0 aromatic heterocycles. The molecule has 0 aliphatic heterocycles. The number of unbranched alkanes of at least 4 members (excludes halogenated alkanes) is 2. The monoisotopic (exact) mass is 226 g/mol. The van der Waals surface area contributed by atoms with E-state index in [4.69, 9.17) is 0 Å². The molecule has 0 rings (SSSR count). The molecule has 98 valence electrons. The van der Waals surface area contributed by atoms with Crippen LogP contribution >= 0.6 is 0 Å². The van der Waals surface area contributed by atoms with E-state index in [1.165, 1.54) is 38.5 Å². The van der Waals surface area contributed by atoms with Gasteiger partial charge in [-0.3, -0.25) is 0 Å². The molecule has 0 saturated carbocycles. The second-order valence-corrected chi connectivity index (χ2v) is 5.87. The maximum Gasteiger partial charge on any atom is -0.0337 e. The van der Waals surface area contributed by atoms with Crippen LogP contribution < -0.4 is 0 Å². The van der Waals surface area contributed by atoms with Gasteiger partial charge in [-0.25, -0.2) is 0 Å². The van der Waals surface area contributed by atoms with Crippen molar-refractivity contribution in [1.29, 1.82) is 0 Å². The first kappa shape index (κ1) is 16.0. The molecule has 3 unspecified atom stereocenters. The molecule has 0 aromatic rings. The Morgan fingerprint density at radius 1 is 0.812 bits per heavy atom. The summed E-state index contributed by atoms with van der Waals surface area (Å²) in [6.45, 7) is 14.3. The number of rotatable bonds is 9. The molecular weight excluding hydrogens is 192 g/mol. The van der Waals surface area contributed by atoms with Crippen molar-refractivity contribution >= 4 is 0 Å². The first-order valence-corrected chi connectivity index (χ1v) is 7.58. The molecule has 0 bridgehead atoms. The maximum absolute atomic E-state index is 2.45. The summed E-state index contributed by atoms with van der Waals surface area (Å²) in [5, 5.41) is 0. The summed E-state index contributed by atoms with van der Waals surface area (Å²) in [7, 11) is 0. The fourth-order valence-corrected chi connectivity index (χ4v) is 3.26. The molecule has 16 heavy (non-hydrogen) atoms. The van der Waals surface area contributed by atoms with Gasteiger partial charge in [-0.15, -0.1) is 0 Å². The van der Waals surface area contributed by atoms with Crippen LogP contribution in [0.5, 0.6) is 0 Å². The molecule has 0 aliphatic carbocycles. The third-order valence-corrected chi connectivity index (χ3v) is 4.32. The highest BCUT2D eigenvalue weighted by molar-refractivity contribution is 4.76. The molecular formula is C16H34.